The van der Waals surface area contributed by atoms with Crippen LogP contribution in [0.1, 0.15) is 27.2 Å². The third-order valence-corrected chi connectivity index (χ3v) is 1.44. The highest BCUT2D eigenvalue weighted by atomic mass is 16.3. The molecule has 0 fully saturated rings. The molecular weight excluding hydrogens is 136 g/mol. The van der Waals surface area contributed by atoms with E-state index < -0.39 is 5.60 Å². The lowest BCUT2D eigenvalue weighted by Crippen LogP contribution is -2.13. The number of hydrogen-bond acceptors (Lipinski definition) is 1. The summed E-state index contributed by atoms with van der Waals surface area (Å²) < 4.78 is 0. The SMILES string of the molecule is C=CC(C)C/C=C/C(C)(C)O. The highest BCUT2D eigenvalue weighted by Crippen LogP contribution is 2.07. The van der Waals surface area contributed by atoms with Crippen LogP contribution in [0.2, 0.25) is 0 Å². The monoisotopic (exact) mass is 154 g/mol. The van der Waals surface area contributed by atoms with Crippen molar-refractivity contribution in [3.63, 3.8) is 0 Å². The summed E-state index contributed by atoms with van der Waals surface area (Å²) in [4.78, 5) is 0. The normalized spacial score (nSPS) is 15.3. The summed E-state index contributed by atoms with van der Waals surface area (Å²) >= 11 is 0. The van der Waals surface area contributed by atoms with E-state index in [2.05, 4.69) is 13.5 Å². The minimum atomic E-state index is -0.680. The molecule has 0 aromatic carbocycles. The molecule has 0 aromatic heterocycles. The van der Waals surface area contributed by atoms with E-state index in [0.717, 1.165) is 6.42 Å². The van der Waals surface area contributed by atoms with Crippen LogP contribution in [0.25, 0.3) is 0 Å². The average Bonchev–Trinajstić information content (AvgIpc) is 1.85. The Balaban J connectivity index is 3.69. The van der Waals surface area contributed by atoms with Gasteiger partial charge in [0, 0.05) is 0 Å². The summed E-state index contributed by atoms with van der Waals surface area (Å²) in [5, 5.41) is 9.29. The number of hydrogen-bond donors (Lipinski definition) is 1. The van der Waals surface area contributed by atoms with Crippen LogP contribution < -0.4 is 0 Å². The molecule has 0 heterocycles. The van der Waals surface area contributed by atoms with Crippen LogP contribution in [-0.4, -0.2) is 10.7 Å². The maximum absolute atomic E-state index is 9.29. The summed E-state index contributed by atoms with van der Waals surface area (Å²) in [5.41, 5.74) is -0.680. The van der Waals surface area contributed by atoms with E-state index in [0.29, 0.717) is 5.92 Å². The van der Waals surface area contributed by atoms with Crippen molar-refractivity contribution < 1.29 is 5.11 Å². The Morgan fingerprint density at radius 2 is 2.09 bits per heavy atom. The van der Waals surface area contributed by atoms with Gasteiger partial charge in [-0.25, -0.2) is 0 Å². The third-order valence-electron chi connectivity index (χ3n) is 1.44. The Bertz CT molecular complexity index is 139. The number of allylic oxidation sites excluding steroid dienone is 2. The lowest BCUT2D eigenvalue weighted by molar-refractivity contribution is 0.133. The van der Waals surface area contributed by atoms with Crippen LogP contribution in [0.5, 0.6) is 0 Å². The summed E-state index contributed by atoms with van der Waals surface area (Å²) in [6, 6.07) is 0. The fraction of sp³-hybridized carbons (Fsp3) is 0.600. The van der Waals surface area contributed by atoms with E-state index in [1.807, 2.05) is 18.2 Å². The van der Waals surface area contributed by atoms with Gasteiger partial charge in [0.05, 0.1) is 5.60 Å². The van der Waals surface area contributed by atoms with Crippen molar-refractivity contribution in [1.82, 2.24) is 0 Å². The van der Waals surface area contributed by atoms with Crippen molar-refractivity contribution in [1.29, 1.82) is 0 Å². The molecule has 1 N–H and O–H groups in total. The molecule has 1 unspecified atom stereocenters. The summed E-state index contributed by atoms with van der Waals surface area (Å²) in [6.07, 6.45) is 6.67. The second-order valence-electron chi connectivity index (χ2n) is 3.50. The van der Waals surface area contributed by atoms with Gasteiger partial charge in [-0.05, 0) is 26.2 Å². The molecule has 0 saturated heterocycles. The Kier molecular flexibility index (Phi) is 4.12. The van der Waals surface area contributed by atoms with Crippen molar-refractivity contribution in [2.45, 2.75) is 32.8 Å². The Labute approximate surface area is 69.4 Å². The fourth-order valence-corrected chi connectivity index (χ4v) is 0.667. The summed E-state index contributed by atoms with van der Waals surface area (Å²) in [7, 11) is 0. The standard InChI is InChI=1S/C10H18O/c1-5-9(2)7-6-8-10(3,4)11/h5-6,8-9,11H,1,7H2,2-4H3/b8-6+. The average molecular weight is 154 g/mol. The zero-order valence-electron chi connectivity index (χ0n) is 7.67. The van der Waals surface area contributed by atoms with Gasteiger partial charge in [-0.15, -0.1) is 6.58 Å². The molecule has 0 spiro atoms. The van der Waals surface area contributed by atoms with Crippen molar-refractivity contribution in [3.05, 3.63) is 24.8 Å². The predicted molar refractivity (Wildman–Crippen MR) is 49.4 cm³/mol. The van der Waals surface area contributed by atoms with E-state index >= 15 is 0 Å². The van der Waals surface area contributed by atoms with Gasteiger partial charge in [-0.1, -0.05) is 25.2 Å². The summed E-state index contributed by atoms with van der Waals surface area (Å²) in [6.45, 7) is 9.31. The van der Waals surface area contributed by atoms with Crippen LogP contribution in [-0.2, 0) is 0 Å². The Morgan fingerprint density at radius 1 is 1.55 bits per heavy atom. The first-order valence-corrected chi connectivity index (χ1v) is 3.98. The molecule has 1 nitrogen and oxygen atoms in total. The van der Waals surface area contributed by atoms with Gasteiger partial charge in [-0.3, -0.25) is 0 Å². The number of rotatable bonds is 4. The zero-order chi connectivity index (χ0) is 8.91. The van der Waals surface area contributed by atoms with Crippen molar-refractivity contribution in [2.75, 3.05) is 0 Å². The van der Waals surface area contributed by atoms with Crippen LogP contribution in [0.15, 0.2) is 24.8 Å². The topological polar surface area (TPSA) is 20.2 Å². The van der Waals surface area contributed by atoms with Crippen molar-refractivity contribution in [2.24, 2.45) is 5.92 Å². The highest BCUT2D eigenvalue weighted by Gasteiger charge is 2.05. The van der Waals surface area contributed by atoms with Crippen LogP contribution in [0.4, 0.5) is 0 Å². The minimum Gasteiger partial charge on any atom is -0.386 e. The van der Waals surface area contributed by atoms with Crippen molar-refractivity contribution >= 4 is 0 Å². The third kappa shape index (κ3) is 7.34. The predicted octanol–water partition coefficient (Wildman–Crippen LogP) is 2.53. The van der Waals surface area contributed by atoms with Crippen molar-refractivity contribution in [3.8, 4) is 0 Å². The molecule has 0 rings (SSSR count). The lowest BCUT2D eigenvalue weighted by Gasteiger charge is -2.10. The van der Waals surface area contributed by atoms with Gasteiger partial charge in [0.1, 0.15) is 0 Å². The van der Waals surface area contributed by atoms with Gasteiger partial charge in [0.2, 0.25) is 0 Å². The van der Waals surface area contributed by atoms with E-state index in [-0.39, 0.29) is 0 Å². The fourth-order valence-electron chi connectivity index (χ4n) is 0.667. The zero-order valence-corrected chi connectivity index (χ0v) is 7.67. The van der Waals surface area contributed by atoms with E-state index in [9.17, 15) is 5.11 Å². The van der Waals surface area contributed by atoms with E-state index in [1.54, 1.807) is 13.8 Å². The van der Waals surface area contributed by atoms with Crippen LogP contribution >= 0.6 is 0 Å². The molecule has 1 atom stereocenters. The van der Waals surface area contributed by atoms with E-state index in [4.69, 9.17) is 0 Å². The molecular formula is C10H18O. The number of aliphatic hydroxyl groups is 1. The molecule has 0 saturated carbocycles. The van der Waals surface area contributed by atoms with E-state index in [1.165, 1.54) is 0 Å². The molecule has 0 radical (unpaired) electrons. The molecule has 0 aliphatic rings. The Hall–Kier alpha value is -0.560. The molecule has 11 heavy (non-hydrogen) atoms. The molecule has 64 valence electrons. The van der Waals surface area contributed by atoms with Gasteiger partial charge in [-0.2, -0.15) is 0 Å². The second-order valence-corrected chi connectivity index (χ2v) is 3.50. The lowest BCUT2D eigenvalue weighted by atomic mass is 10.0. The van der Waals surface area contributed by atoms with Crippen LogP contribution in [0, 0.1) is 5.92 Å². The smallest absolute Gasteiger partial charge is 0.0771 e. The maximum atomic E-state index is 9.29. The Morgan fingerprint density at radius 3 is 2.45 bits per heavy atom. The largest absolute Gasteiger partial charge is 0.386 e. The highest BCUT2D eigenvalue weighted by molar-refractivity contribution is 4.97. The first-order valence-electron chi connectivity index (χ1n) is 3.98. The minimum absolute atomic E-state index is 0.494. The van der Waals surface area contributed by atoms with Crippen LogP contribution in [0.3, 0.4) is 0 Å². The van der Waals surface area contributed by atoms with Gasteiger partial charge in [0.25, 0.3) is 0 Å². The first-order chi connectivity index (χ1) is 4.95. The first kappa shape index (κ1) is 10.4. The molecule has 0 bridgehead atoms. The molecule has 0 amide bonds. The second kappa shape index (κ2) is 4.35. The quantitative estimate of drug-likeness (QED) is 0.617. The molecule has 1 heteroatoms. The maximum Gasteiger partial charge on any atom is 0.0771 e. The van der Waals surface area contributed by atoms with Gasteiger partial charge >= 0.3 is 0 Å². The molecule has 0 aliphatic heterocycles. The molecule has 0 aliphatic carbocycles. The summed E-state index contributed by atoms with van der Waals surface area (Å²) in [5.74, 6) is 0.494. The van der Waals surface area contributed by atoms with Gasteiger partial charge < -0.3 is 5.11 Å². The molecule has 0 aromatic rings. The van der Waals surface area contributed by atoms with Gasteiger partial charge in [0.15, 0.2) is 0 Å².